The third-order valence-corrected chi connectivity index (χ3v) is 4.91. The van der Waals surface area contributed by atoms with E-state index >= 15 is 0 Å². The third-order valence-electron chi connectivity index (χ3n) is 4.91. The van der Waals surface area contributed by atoms with E-state index in [0.717, 1.165) is 12.1 Å². The molecule has 1 aliphatic rings. The fraction of sp³-hybridized carbons (Fsp3) is 0.200. The first-order valence-corrected chi connectivity index (χ1v) is 9.24. The zero-order valence-electron chi connectivity index (χ0n) is 16.7. The lowest BCUT2D eigenvalue weighted by Gasteiger charge is -2.32. The van der Waals surface area contributed by atoms with Gasteiger partial charge in [0.2, 0.25) is 0 Å². The number of hydrogen-bond acceptors (Lipinski definition) is 5. The van der Waals surface area contributed by atoms with Crippen molar-refractivity contribution in [3.05, 3.63) is 65.6 Å². The normalized spacial score (nSPS) is 15.7. The summed E-state index contributed by atoms with van der Waals surface area (Å²) in [5, 5.41) is 6.84. The number of nitrogen functional groups attached to an aromatic ring is 1. The van der Waals surface area contributed by atoms with E-state index in [4.69, 9.17) is 5.73 Å². The molecule has 3 N–H and O–H groups in total. The number of aromatic nitrogens is 3. The van der Waals surface area contributed by atoms with Gasteiger partial charge in [0.25, 0.3) is 11.8 Å². The van der Waals surface area contributed by atoms with Crippen LogP contribution in [0.25, 0.3) is 0 Å². The quantitative estimate of drug-likeness (QED) is 0.618. The number of fused-ring (bicyclic) bond motifs is 1. The molecule has 168 valence electrons. The molecule has 3 aromatic rings. The fourth-order valence-electron chi connectivity index (χ4n) is 3.39. The van der Waals surface area contributed by atoms with Crippen molar-refractivity contribution in [1.29, 1.82) is 0 Å². The van der Waals surface area contributed by atoms with Crippen LogP contribution in [0.4, 0.5) is 30.4 Å². The number of rotatable bonds is 3. The molecule has 2 amide bonds. The van der Waals surface area contributed by atoms with E-state index in [-0.39, 0.29) is 48.8 Å². The minimum Gasteiger partial charge on any atom is -0.384 e. The highest BCUT2D eigenvalue weighted by molar-refractivity contribution is 7.59. The van der Waals surface area contributed by atoms with E-state index in [1.165, 1.54) is 46.2 Å². The van der Waals surface area contributed by atoms with Crippen LogP contribution in [-0.2, 0) is 6.18 Å². The number of amides is 2. The second-order valence-electron chi connectivity index (χ2n) is 7.08. The molecule has 32 heavy (non-hydrogen) atoms. The second-order valence-corrected chi connectivity index (χ2v) is 7.08. The lowest BCUT2D eigenvalue weighted by atomic mass is 10.1. The van der Waals surface area contributed by atoms with Crippen molar-refractivity contribution in [2.24, 2.45) is 0 Å². The van der Waals surface area contributed by atoms with Crippen molar-refractivity contribution in [2.75, 3.05) is 22.5 Å². The molecule has 0 saturated heterocycles. The van der Waals surface area contributed by atoms with Gasteiger partial charge in [0.15, 0.2) is 5.69 Å². The van der Waals surface area contributed by atoms with Crippen LogP contribution in [0.2, 0.25) is 0 Å². The Balaban J connectivity index is 0.00000289. The van der Waals surface area contributed by atoms with Gasteiger partial charge >= 0.3 is 6.18 Å². The number of nitrogens with two attached hydrogens (primary N) is 1. The minimum atomic E-state index is -4.47. The van der Waals surface area contributed by atoms with Crippen LogP contribution in [0.5, 0.6) is 0 Å². The third kappa shape index (κ3) is 4.26. The first-order valence-electron chi connectivity index (χ1n) is 9.24. The Kier molecular flexibility index (Phi) is 6.17. The Morgan fingerprint density at radius 2 is 1.91 bits per heavy atom. The topological polar surface area (TPSA) is 106 Å². The first kappa shape index (κ1) is 23.1. The van der Waals surface area contributed by atoms with Crippen molar-refractivity contribution in [3.63, 3.8) is 0 Å². The molecule has 0 aliphatic carbocycles. The van der Waals surface area contributed by atoms with Crippen LogP contribution in [-0.4, -0.2) is 33.1 Å². The van der Waals surface area contributed by atoms with Gasteiger partial charge in [0.05, 0.1) is 23.5 Å². The molecular weight excluding hydrogens is 445 g/mol. The highest BCUT2D eigenvalue weighted by Gasteiger charge is 2.35. The SMILES string of the molecule is C[C@H]1CN(c2ccc(C(F)(F)F)cc2)C(=O)c2c(NC(=O)c3ccnc(N)c3)cnn21.S. The average Bonchev–Trinajstić information content (AvgIpc) is 3.14. The number of carbonyl (C=O) groups excluding carboxylic acids is 2. The van der Waals surface area contributed by atoms with Gasteiger partial charge in [0, 0.05) is 24.0 Å². The minimum absolute atomic E-state index is 0. The molecule has 1 atom stereocenters. The maximum atomic E-state index is 13.2. The predicted molar refractivity (Wildman–Crippen MR) is 117 cm³/mol. The maximum Gasteiger partial charge on any atom is 0.416 e. The molecule has 1 aromatic carbocycles. The monoisotopic (exact) mass is 464 g/mol. The summed E-state index contributed by atoms with van der Waals surface area (Å²) in [6, 6.07) is 6.95. The number of nitrogens with one attached hydrogen (secondary N) is 1. The van der Waals surface area contributed by atoms with Gasteiger partial charge in [-0.05, 0) is 43.3 Å². The number of benzene rings is 1. The van der Waals surface area contributed by atoms with Gasteiger partial charge in [0.1, 0.15) is 5.82 Å². The molecule has 2 aromatic heterocycles. The van der Waals surface area contributed by atoms with Crippen LogP contribution in [0.1, 0.15) is 39.4 Å². The van der Waals surface area contributed by atoms with E-state index in [1.54, 1.807) is 0 Å². The van der Waals surface area contributed by atoms with Gasteiger partial charge in [-0.3, -0.25) is 14.3 Å². The number of alkyl halides is 3. The highest BCUT2D eigenvalue weighted by atomic mass is 32.1. The summed E-state index contributed by atoms with van der Waals surface area (Å²) in [4.78, 5) is 30.9. The summed E-state index contributed by atoms with van der Waals surface area (Å²) in [5.41, 5.74) is 5.69. The fourth-order valence-corrected chi connectivity index (χ4v) is 3.39. The van der Waals surface area contributed by atoms with Crippen molar-refractivity contribution in [3.8, 4) is 0 Å². The molecular formula is C20H19F3N6O2S. The Bertz CT molecular complexity index is 1160. The Morgan fingerprint density at radius 3 is 2.53 bits per heavy atom. The maximum absolute atomic E-state index is 13.2. The van der Waals surface area contributed by atoms with E-state index in [2.05, 4.69) is 15.4 Å². The molecule has 0 saturated carbocycles. The molecule has 0 radical (unpaired) electrons. The average molecular weight is 464 g/mol. The zero-order valence-corrected chi connectivity index (χ0v) is 17.7. The van der Waals surface area contributed by atoms with E-state index in [0.29, 0.717) is 5.69 Å². The van der Waals surface area contributed by atoms with Gasteiger partial charge in [-0.15, -0.1) is 0 Å². The number of carbonyl (C=O) groups is 2. The van der Waals surface area contributed by atoms with Gasteiger partial charge < -0.3 is 16.0 Å². The number of nitrogens with zero attached hydrogens (tertiary/aromatic N) is 4. The molecule has 3 heterocycles. The number of pyridine rings is 1. The van der Waals surface area contributed by atoms with Crippen molar-refractivity contribution in [2.45, 2.75) is 19.1 Å². The summed E-state index contributed by atoms with van der Waals surface area (Å²) in [6.07, 6.45) is -1.72. The van der Waals surface area contributed by atoms with Crippen LogP contribution >= 0.6 is 13.5 Å². The van der Waals surface area contributed by atoms with Crippen molar-refractivity contribution < 1.29 is 22.8 Å². The Hall–Kier alpha value is -3.54. The molecule has 0 bridgehead atoms. The summed E-state index contributed by atoms with van der Waals surface area (Å²) in [7, 11) is 0. The first-order chi connectivity index (χ1) is 14.6. The van der Waals surface area contributed by atoms with Crippen LogP contribution < -0.4 is 16.0 Å². The van der Waals surface area contributed by atoms with E-state index in [9.17, 15) is 22.8 Å². The molecule has 0 unspecified atom stereocenters. The van der Waals surface area contributed by atoms with Crippen LogP contribution in [0.15, 0.2) is 48.8 Å². The molecule has 0 fully saturated rings. The van der Waals surface area contributed by atoms with Crippen molar-refractivity contribution >= 4 is 42.5 Å². The number of anilines is 3. The van der Waals surface area contributed by atoms with E-state index in [1.807, 2.05) is 6.92 Å². The number of hydrogen-bond donors (Lipinski definition) is 2. The number of halogens is 3. The highest BCUT2D eigenvalue weighted by Crippen LogP contribution is 2.33. The van der Waals surface area contributed by atoms with Crippen molar-refractivity contribution in [1.82, 2.24) is 14.8 Å². The summed E-state index contributed by atoms with van der Waals surface area (Å²) >= 11 is 0. The summed E-state index contributed by atoms with van der Waals surface area (Å²) in [6.45, 7) is 2.03. The van der Waals surface area contributed by atoms with E-state index < -0.39 is 23.6 Å². The Morgan fingerprint density at radius 1 is 1.22 bits per heavy atom. The predicted octanol–water partition coefficient (Wildman–Crippen LogP) is 3.47. The second kappa shape index (κ2) is 8.54. The lowest BCUT2D eigenvalue weighted by molar-refractivity contribution is -0.137. The Labute approximate surface area is 187 Å². The molecule has 12 heteroatoms. The zero-order chi connectivity index (χ0) is 22.3. The van der Waals surface area contributed by atoms with Crippen LogP contribution in [0, 0.1) is 0 Å². The lowest BCUT2D eigenvalue weighted by Crippen LogP contribution is -2.43. The van der Waals surface area contributed by atoms with Crippen LogP contribution in [0.3, 0.4) is 0 Å². The smallest absolute Gasteiger partial charge is 0.384 e. The standard InChI is InChI=1S/C20H17F3N6O2.H2S/c1-11-10-28(14-4-2-13(3-5-14)20(21,22)23)19(31)17-15(9-26-29(11)17)27-18(30)12-6-7-25-16(24)8-12;/h2-9,11H,10H2,1H3,(H2,24,25)(H,27,30);1H2/t11-;/m0./s1. The molecule has 1 aliphatic heterocycles. The molecule has 8 nitrogen and oxygen atoms in total. The van der Waals surface area contributed by atoms with Gasteiger partial charge in [-0.1, -0.05) is 0 Å². The molecule has 0 spiro atoms. The van der Waals surface area contributed by atoms with Gasteiger partial charge in [-0.25, -0.2) is 4.98 Å². The summed E-state index contributed by atoms with van der Waals surface area (Å²) in [5.74, 6) is -0.820. The largest absolute Gasteiger partial charge is 0.416 e. The van der Waals surface area contributed by atoms with Gasteiger partial charge in [-0.2, -0.15) is 31.8 Å². The molecule has 4 rings (SSSR count). The summed E-state index contributed by atoms with van der Waals surface area (Å²) < 4.78 is 40.0.